The van der Waals surface area contributed by atoms with Crippen LogP contribution in [0.15, 0.2) is 36.7 Å². The Kier molecular flexibility index (Phi) is 6.78. The summed E-state index contributed by atoms with van der Waals surface area (Å²) < 4.78 is 28.5. The standard InChI is InChI=1S/C20H25F2N5O3/c1-13(28)26-17(9-14-7-15(21)10-16(22)8-14)18(29)11-24-20(3-4-20)19(30)23-12-27-6-2-5-25-27/h2,5-8,10,17-18,24,29H,3-4,9,11-12H2,1H3,(H,23,30)(H,26,28). The predicted molar refractivity (Wildman–Crippen MR) is 104 cm³/mol. The molecule has 1 aliphatic carbocycles. The van der Waals surface area contributed by atoms with E-state index >= 15 is 0 Å². The first-order valence-corrected chi connectivity index (χ1v) is 9.68. The van der Waals surface area contributed by atoms with Crippen molar-refractivity contribution in [3.05, 3.63) is 53.9 Å². The molecule has 1 aromatic carbocycles. The van der Waals surface area contributed by atoms with E-state index < -0.39 is 29.3 Å². The second kappa shape index (κ2) is 9.31. The van der Waals surface area contributed by atoms with Gasteiger partial charge in [0.05, 0.1) is 17.7 Å². The van der Waals surface area contributed by atoms with Crippen molar-refractivity contribution in [2.75, 3.05) is 6.54 Å². The molecule has 1 saturated carbocycles. The first kappa shape index (κ1) is 21.8. The summed E-state index contributed by atoms with van der Waals surface area (Å²) in [6, 6.07) is 4.04. The maximum absolute atomic E-state index is 13.5. The molecule has 10 heteroatoms. The summed E-state index contributed by atoms with van der Waals surface area (Å²) in [5.41, 5.74) is -0.469. The highest BCUT2D eigenvalue weighted by Gasteiger charge is 2.49. The largest absolute Gasteiger partial charge is 0.390 e. The van der Waals surface area contributed by atoms with Crippen molar-refractivity contribution in [3.63, 3.8) is 0 Å². The van der Waals surface area contributed by atoms with E-state index in [1.54, 1.807) is 23.1 Å². The SMILES string of the molecule is CC(=O)NC(Cc1cc(F)cc(F)c1)C(O)CNC1(C(=O)NCn2cccn2)CC1. The molecule has 0 radical (unpaired) electrons. The molecule has 0 aliphatic heterocycles. The number of β-amino-alcohol motifs (C(OH)–C–C–N with tert-alkyl or cyclic N) is 1. The minimum absolute atomic E-state index is 0.0257. The summed E-state index contributed by atoms with van der Waals surface area (Å²) >= 11 is 0. The molecule has 2 aromatic rings. The van der Waals surface area contributed by atoms with Crippen molar-refractivity contribution in [2.24, 2.45) is 0 Å². The number of aliphatic hydroxyl groups excluding tert-OH is 1. The summed E-state index contributed by atoms with van der Waals surface area (Å²) in [4.78, 5) is 24.0. The van der Waals surface area contributed by atoms with Gasteiger partial charge in [-0.2, -0.15) is 5.10 Å². The van der Waals surface area contributed by atoms with Gasteiger partial charge in [0, 0.05) is 31.9 Å². The smallest absolute Gasteiger partial charge is 0.241 e. The zero-order chi connectivity index (χ0) is 21.7. The zero-order valence-corrected chi connectivity index (χ0v) is 16.6. The van der Waals surface area contributed by atoms with E-state index in [1.165, 1.54) is 6.92 Å². The molecule has 2 amide bonds. The maximum atomic E-state index is 13.5. The van der Waals surface area contributed by atoms with E-state index in [1.807, 2.05) is 0 Å². The van der Waals surface area contributed by atoms with Crippen molar-refractivity contribution in [3.8, 4) is 0 Å². The number of halogens is 2. The molecule has 0 saturated heterocycles. The summed E-state index contributed by atoms with van der Waals surface area (Å²) in [7, 11) is 0. The van der Waals surface area contributed by atoms with Gasteiger partial charge in [-0.15, -0.1) is 0 Å². The number of hydrogen-bond acceptors (Lipinski definition) is 5. The summed E-state index contributed by atoms with van der Waals surface area (Å²) in [6.07, 6.45) is 3.53. The highest BCUT2D eigenvalue weighted by molar-refractivity contribution is 5.89. The number of hydrogen-bond donors (Lipinski definition) is 4. The van der Waals surface area contributed by atoms with Gasteiger partial charge in [-0.3, -0.25) is 14.3 Å². The molecule has 1 aliphatic rings. The first-order valence-electron chi connectivity index (χ1n) is 9.68. The Morgan fingerprint density at radius 3 is 2.53 bits per heavy atom. The van der Waals surface area contributed by atoms with Gasteiger partial charge in [0.1, 0.15) is 18.3 Å². The Balaban J connectivity index is 1.57. The van der Waals surface area contributed by atoms with E-state index in [-0.39, 0.29) is 31.4 Å². The molecule has 1 fully saturated rings. The van der Waals surface area contributed by atoms with Crippen LogP contribution in [0.25, 0.3) is 0 Å². The fourth-order valence-corrected chi connectivity index (χ4v) is 3.29. The van der Waals surface area contributed by atoms with Crippen molar-refractivity contribution in [1.29, 1.82) is 0 Å². The molecule has 8 nitrogen and oxygen atoms in total. The molecule has 1 aromatic heterocycles. The Morgan fingerprint density at radius 1 is 1.27 bits per heavy atom. The fraction of sp³-hybridized carbons (Fsp3) is 0.450. The Bertz CT molecular complexity index is 866. The van der Waals surface area contributed by atoms with Gasteiger partial charge in [-0.25, -0.2) is 8.78 Å². The third-order valence-corrected chi connectivity index (χ3v) is 5.03. The molecule has 30 heavy (non-hydrogen) atoms. The zero-order valence-electron chi connectivity index (χ0n) is 16.6. The molecule has 0 bridgehead atoms. The molecule has 3 rings (SSSR count). The number of amides is 2. The fourth-order valence-electron chi connectivity index (χ4n) is 3.29. The number of carbonyl (C=O) groups is 2. The molecular weight excluding hydrogens is 396 g/mol. The predicted octanol–water partition coefficient (Wildman–Crippen LogP) is 0.465. The molecule has 4 N–H and O–H groups in total. The van der Waals surface area contributed by atoms with Crippen LogP contribution >= 0.6 is 0 Å². The van der Waals surface area contributed by atoms with Crippen molar-refractivity contribution >= 4 is 11.8 Å². The van der Waals surface area contributed by atoms with E-state index in [2.05, 4.69) is 21.0 Å². The number of nitrogens with zero attached hydrogens (tertiary/aromatic N) is 2. The second-order valence-electron chi connectivity index (χ2n) is 7.53. The van der Waals surface area contributed by atoms with Crippen LogP contribution in [0, 0.1) is 11.6 Å². The van der Waals surface area contributed by atoms with Crippen LogP contribution in [0.4, 0.5) is 8.78 Å². The van der Waals surface area contributed by atoms with Crippen LogP contribution in [-0.4, -0.2) is 50.9 Å². The lowest BCUT2D eigenvalue weighted by Crippen LogP contribution is -2.53. The van der Waals surface area contributed by atoms with Gasteiger partial charge in [-0.1, -0.05) is 0 Å². The van der Waals surface area contributed by atoms with Crippen molar-refractivity contribution in [1.82, 2.24) is 25.7 Å². The highest BCUT2D eigenvalue weighted by Crippen LogP contribution is 2.35. The molecule has 2 unspecified atom stereocenters. The summed E-state index contributed by atoms with van der Waals surface area (Å²) in [6.45, 7) is 1.56. The van der Waals surface area contributed by atoms with Crippen LogP contribution in [0.2, 0.25) is 0 Å². The minimum Gasteiger partial charge on any atom is -0.390 e. The quantitative estimate of drug-likeness (QED) is 0.446. The second-order valence-corrected chi connectivity index (χ2v) is 7.53. The minimum atomic E-state index is -1.07. The molecule has 2 atom stereocenters. The van der Waals surface area contributed by atoms with Crippen LogP contribution < -0.4 is 16.0 Å². The van der Waals surface area contributed by atoms with E-state index in [0.29, 0.717) is 18.4 Å². The Hall–Kier alpha value is -2.85. The molecule has 0 spiro atoms. The van der Waals surface area contributed by atoms with Gasteiger partial charge in [0.2, 0.25) is 11.8 Å². The maximum Gasteiger partial charge on any atom is 0.241 e. The topological polar surface area (TPSA) is 108 Å². The van der Waals surface area contributed by atoms with Gasteiger partial charge < -0.3 is 21.1 Å². The molecular formula is C20H25F2N5O3. The number of nitrogens with one attached hydrogen (secondary N) is 3. The van der Waals surface area contributed by atoms with Gasteiger partial charge >= 0.3 is 0 Å². The third-order valence-electron chi connectivity index (χ3n) is 5.03. The van der Waals surface area contributed by atoms with Gasteiger partial charge in [0.25, 0.3) is 0 Å². The number of aliphatic hydroxyl groups is 1. The average Bonchev–Trinajstić information content (AvgIpc) is 3.28. The van der Waals surface area contributed by atoms with Gasteiger partial charge in [-0.05, 0) is 43.0 Å². The van der Waals surface area contributed by atoms with E-state index in [9.17, 15) is 23.5 Å². The number of rotatable bonds is 10. The number of benzene rings is 1. The van der Waals surface area contributed by atoms with Crippen molar-refractivity contribution < 1.29 is 23.5 Å². The lowest BCUT2D eigenvalue weighted by atomic mass is 10.00. The molecule has 162 valence electrons. The Labute approximate surface area is 172 Å². The van der Waals surface area contributed by atoms with Crippen LogP contribution in [0.1, 0.15) is 25.3 Å². The van der Waals surface area contributed by atoms with Crippen LogP contribution in [0.3, 0.4) is 0 Å². The van der Waals surface area contributed by atoms with E-state index in [4.69, 9.17) is 0 Å². The van der Waals surface area contributed by atoms with Crippen LogP contribution in [-0.2, 0) is 22.7 Å². The third kappa shape index (κ3) is 5.83. The average molecular weight is 421 g/mol. The molecule has 1 heterocycles. The monoisotopic (exact) mass is 421 g/mol. The van der Waals surface area contributed by atoms with Crippen LogP contribution in [0.5, 0.6) is 0 Å². The lowest BCUT2D eigenvalue weighted by molar-refractivity contribution is -0.125. The van der Waals surface area contributed by atoms with Crippen molar-refractivity contribution in [2.45, 2.75) is 50.5 Å². The summed E-state index contributed by atoms with van der Waals surface area (Å²) in [5.74, 6) is -2.04. The van der Waals surface area contributed by atoms with Gasteiger partial charge in [0.15, 0.2) is 0 Å². The number of carbonyl (C=O) groups excluding carboxylic acids is 2. The lowest BCUT2D eigenvalue weighted by Gasteiger charge is -2.26. The number of aromatic nitrogens is 2. The Morgan fingerprint density at radius 2 is 1.97 bits per heavy atom. The normalized spacial score (nSPS) is 16.5. The summed E-state index contributed by atoms with van der Waals surface area (Å²) in [5, 5.41) is 23.1. The first-order chi connectivity index (χ1) is 14.3. The van der Waals surface area contributed by atoms with E-state index in [0.717, 1.165) is 18.2 Å². The highest BCUT2D eigenvalue weighted by atomic mass is 19.1.